The molecule has 1 fully saturated rings. The van der Waals surface area contributed by atoms with Gasteiger partial charge in [0.05, 0.1) is 11.4 Å². The van der Waals surface area contributed by atoms with Crippen molar-refractivity contribution in [3.05, 3.63) is 0 Å². The van der Waals surface area contributed by atoms with Crippen LogP contribution in [0.15, 0.2) is 0 Å². The lowest BCUT2D eigenvalue weighted by Crippen LogP contribution is -2.25. The predicted molar refractivity (Wildman–Crippen MR) is 39.2 cm³/mol. The molecular weight excluding hydrogens is 152 g/mol. The summed E-state index contributed by atoms with van der Waals surface area (Å²) in [4.78, 5) is 0. The molecule has 0 bridgehead atoms. The summed E-state index contributed by atoms with van der Waals surface area (Å²) in [5.41, 5.74) is 0. The first-order chi connectivity index (χ1) is 4.75. The second-order valence-corrected chi connectivity index (χ2v) is 3.68. The maximum atomic E-state index is 10.6. The molecule has 60 valence electrons. The van der Waals surface area contributed by atoms with Crippen molar-refractivity contribution in [1.82, 2.24) is 0 Å². The molecule has 0 aromatic carbocycles. The normalized spacial score (nSPS) is 36.2. The molecule has 1 N–H and O–H groups in total. The van der Waals surface area contributed by atoms with Crippen molar-refractivity contribution in [2.45, 2.75) is 30.6 Å². The third-order valence-electron chi connectivity index (χ3n) is 1.95. The highest BCUT2D eigenvalue weighted by Gasteiger charge is 2.31. The van der Waals surface area contributed by atoms with E-state index in [1.165, 1.54) is 0 Å². The van der Waals surface area contributed by atoms with Crippen LogP contribution in [-0.2, 0) is 15.8 Å². The van der Waals surface area contributed by atoms with Crippen molar-refractivity contribution in [3.8, 4) is 0 Å². The van der Waals surface area contributed by atoms with Crippen molar-refractivity contribution in [1.29, 1.82) is 0 Å². The summed E-state index contributed by atoms with van der Waals surface area (Å²) in [7, 11) is 1.59. The third-order valence-corrected chi connectivity index (χ3v) is 3.01. The number of hydrogen-bond acceptors (Lipinski definition) is 2. The van der Waals surface area contributed by atoms with Crippen LogP contribution >= 0.6 is 0 Å². The molecule has 0 aromatic rings. The Morgan fingerprint density at radius 1 is 1.60 bits per heavy atom. The summed E-state index contributed by atoms with van der Waals surface area (Å²) in [5, 5.41) is -0.148. The maximum absolute atomic E-state index is 10.6. The zero-order chi connectivity index (χ0) is 7.56. The molecule has 10 heavy (non-hydrogen) atoms. The Bertz CT molecular complexity index is 137. The quantitative estimate of drug-likeness (QED) is 0.613. The van der Waals surface area contributed by atoms with Gasteiger partial charge in [0.15, 0.2) is 11.1 Å². The van der Waals surface area contributed by atoms with Gasteiger partial charge in [-0.05, 0) is 19.3 Å². The molecule has 3 atom stereocenters. The largest absolute Gasteiger partial charge is 0.380 e. The SMILES string of the molecule is CO[C@@H]1CCC[C@@H]1S(=O)O. The maximum Gasteiger partial charge on any atom is 0.158 e. The van der Waals surface area contributed by atoms with Gasteiger partial charge in [0.25, 0.3) is 0 Å². The Kier molecular flexibility index (Phi) is 2.82. The van der Waals surface area contributed by atoms with Gasteiger partial charge in [0.1, 0.15) is 0 Å². The lowest BCUT2D eigenvalue weighted by molar-refractivity contribution is 0.111. The Morgan fingerprint density at radius 3 is 2.70 bits per heavy atom. The minimum Gasteiger partial charge on any atom is -0.380 e. The van der Waals surface area contributed by atoms with E-state index >= 15 is 0 Å². The first kappa shape index (κ1) is 8.17. The van der Waals surface area contributed by atoms with Crippen LogP contribution in [-0.4, -0.2) is 27.2 Å². The molecule has 1 rings (SSSR count). The van der Waals surface area contributed by atoms with Crippen molar-refractivity contribution in [3.63, 3.8) is 0 Å². The highest BCUT2D eigenvalue weighted by Crippen LogP contribution is 2.24. The zero-order valence-corrected chi connectivity index (χ0v) is 6.76. The molecular formula is C6H12O3S. The minimum absolute atomic E-state index is 0.00540. The van der Waals surface area contributed by atoms with Gasteiger partial charge in [-0.25, -0.2) is 4.21 Å². The number of ether oxygens (including phenoxy) is 1. The molecule has 1 unspecified atom stereocenters. The van der Waals surface area contributed by atoms with Gasteiger partial charge in [0, 0.05) is 7.11 Å². The lowest BCUT2D eigenvalue weighted by Gasteiger charge is -2.13. The molecule has 1 aliphatic carbocycles. The molecule has 0 saturated heterocycles. The van der Waals surface area contributed by atoms with Gasteiger partial charge in [-0.3, -0.25) is 0 Å². The molecule has 1 saturated carbocycles. The number of rotatable bonds is 2. The van der Waals surface area contributed by atoms with E-state index in [1.807, 2.05) is 0 Å². The molecule has 0 amide bonds. The minimum atomic E-state index is -1.70. The van der Waals surface area contributed by atoms with E-state index in [4.69, 9.17) is 9.29 Å². The van der Waals surface area contributed by atoms with E-state index in [0.29, 0.717) is 0 Å². The van der Waals surface area contributed by atoms with Gasteiger partial charge >= 0.3 is 0 Å². The highest BCUT2D eigenvalue weighted by molar-refractivity contribution is 7.80. The smallest absolute Gasteiger partial charge is 0.158 e. The molecule has 0 radical (unpaired) electrons. The van der Waals surface area contributed by atoms with Crippen molar-refractivity contribution >= 4 is 11.1 Å². The Morgan fingerprint density at radius 2 is 2.30 bits per heavy atom. The van der Waals surface area contributed by atoms with Crippen molar-refractivity contribution in [2.24, 2.45) is 0 Å². The van der Waals surface area contributed by atoms with Crippen LogP contribution < -0.4 is 0 Å². The van der Waals surface area contributed by atoms with E-state index in [-0.39, 0.29) is 11.4 Å². The van der Waals surface area contributed by atoms with Crippen LogP contribution in [0.1, 0.15) is 19.3 Å². The van der Waals surface area contributed by atoms with E-state index in [9.17, 15) is 4.21 Å². The van der Waals surface area contributed by atoms with Crippen LogP contribution in [0.2, 0.25) is 0 Å². The molecule has 4 heteroatoms. The van der Waals surface area contributed by atoms with Crippen molar-refractivity contribution in [2.75, 3.05) is 7.11 Å². The topological polar surface area (TPSA) is 46.5 Å². The molecule has 0 heterocycles. The third kappa shape index (κ3) is 1.56. The first-order valence-electron chi connectivity index (χ1n) is 3.38. The molecule has 3 nitrogen and oxygen atoms in total. The summed E-state index contributed by atoms with van der Waals surface area (Å²) < 4.78 is 24.4. The molecule has 1 aliphatic rings. The Hall–Kier alpha value is 0.0700. The molecule has 0 spiro atoms. The van der Waals surface area contributed by atoms with Crippen LogP contribution in [0.25, 0.3) is 0 Å². The van der Waals surface area contributed by atoms with E-state index < -0.39 is 11.1 Å². The Labute approximate surface area is 63.0 Å². The fourth-order valence-corrected chi connectivity index (χ4v) is 2.27. The van der Waals surface area contributed by atoms with Crippen molar-refractivity contribution < 1.29 is 13.5 Å². The van der Waals surface area contributed by atoms with Gasteiger partial charge < -0.3 is 9.29 Å². The molecule has 0 aromatic heterocycles. The van der Waals surface area contributed by atoms with Gasteiger partial charge in [-0.2, -0.15) is 0 Å². The predicted octanol–water partition coefficient (Wildman–Crippen LogP) is 0.776. The fraction of sp³-hybridized carbons (Fsp3) is 1.00. The first-order valence-corrected chi connectivity index (χ1v) is 4.55. The lowest BCUT2D eigenvalue weighted by atomic mass is 10.3. The monoisotopic (exact) mass is 164 g/mol. The highest BCUT2D eigenvalue weighted by atomic mass is 32.2. The summed E-state index contributed by atoms with van der Waals surface area (Å²) in [5.74, 6) is 0. The number of hydrogen-bond donors (Lipinski definition) is 1. The summed E-state index contributed by atoms with van der Waals surface area (Å²) >= 11 is -1.70. The average Bonchev–Trinajstić information content (AvgIpc) is 2.33. The number of methoxy groups -OCH3 is 1. The van der Waals surface area contributed by atoms with Gasteiger partial charge in [0.2, 0.25) is 0 Å². The van der Waals surface area contributed by atoms with Crippen LogP contribution in [0.4, 0.5) is 0 Å². The van der Waals surface area contributed by atoms with E-state index in [1.54, 1.807) is 7.11 Å². The van der Waals surface area contributed by atoms with E-state index in [0.717, 1.165) is 19.3 Å². The Balaban J connectivity index is 2.50. The second kappa shape index (κ2) is 3.46. The zero-order valence-electron chi connectivity index (χ0n) is 5.95. The summed E-state index contributed by atoms with van der Waals surface area (Å²) in [6.45, 7) is 0. The van der Waals surface area contributed by atoms with Gasteiger partial charge in [-0.1, -0.05) is 0 Å². The standard InChI is InChI=1S/C6H12O3S/c1-9-5-3-2-4-6(5)10(7)8/h5-6H,2-4H2,1H3,(H,7,8)/t5-,6+/m1/s1. The second-order valence-electron chi connectivity index (χ2n) is 2.52. The van der Waals surface area contributed by atoms with Crippen LogP contribution in [0.3, 0.4) is 0 Å². The molecule has 0 aliphatic heterocycles. The van der Waals surface area contributed by atoms with Crippen LogP contribution in [0, 0.1) is 0 Å². The fourth-order valence-electron chi connectivity index (χ4n) is 1.39. The van der Waals surface area contributed by atoms with E-state index in [2.05, 4.69) is 0 Å². The van der Waals surface area contributed by atoms with Crippen LogP contribution in [0.5, 0.6) is 0 Å². The van der Waals surface area contributed by atoms with Gasteiger partial charge in [-0.15, -0.1) is 0 Å². The average molecular weight is 164 g/mol. The summed E-state index contributed by atoms with van der Waals surface area (Å²) in [6, 6.07) is 0. The summed E-state index contributed by atoms with van der Waals surface area (Å²) in [6.07, 6.45) is 2.76.